The van der Waals surface area contributed by atoms with E-state index in [4.69, 9.17) is 9.47 Å². The van der Waals surface area contributed by atoms with Crippen LogP contribution in [0.1, 0.15) is 12.0 Å². The molecule has 0 radical (unpaired) electrons. The van der Waals surface area contributed by atoms with Gasteiger partial charge in [-0.15, -0.1) is 12.4 Å². The Balaban J connectivity index is 0.00000289. The van der Waals surface area contributed by atoms with Gasteiger partial charge in [0.15, 0.2) is 5.13 Å². The Morgan fingerprint density at radius 3 is 2.66 bits per heavy atom. The van der Waals surface area contributed by atoms with Gasteiger partial charge in [0.05, 0.1) is 31.4 Å². The Hall–Kier alpha value is -2.26. The fraction of sp³-hybridized carbons (Fsp3) is 0.391. The van der Waals surface area contributed by atoms with Crippen LogP contribution < -0.4 is 9.64 Å². The molecule has 1 aliphatic rings. The van der Waals surface area contributed by atoms with Gasteiger partial charge in [-0.05, 0) is 36.2 Å². The van der Waals surface area contributed by atoms with Crippen molar-refractivity contribution in [2.24, 2.45) is 0 Å². The second-order valence-electron chi connectivity index (χ2n) is 7.46. The van der Waals surface area contributed by atoms with Crippen molar-refractivity contribution in [1.29, 1.82) is 0 Å². The van der Waals surface area contributed by atoms with Gasteiger partial charge >= 0.3 is 0 Å². The highest BCUT2D eigenvalue weighted by Crippen LogP contribution is 2.31. The van der Waals surface area contributed by atoms with Gasteiger partial charge in [0.1, 0.15) is 17.1 Å². The van der Waals surface area contributed by atoms with Gasteiger partial charge in [0.25, 0.3) is 0 Å². The second-order valence-corrected chi connectivity index (χ2v) is 8.47. The number of thiazole rings is 1. The third-order valence-electron chi connectivity index (χ3n) is 5.36. The molecule has 9 heteroatoms. The molecule has 1 aromatic heterocycles. The molecule has 3 aromatic rings. The van der Waals surface area contributed by atoms with Gasteiger partial charge in [-0.3, -0.25) is 14.6 Å². The molecule has 2 aromatic carbocycles. The molecule has 0 aliphatic carbocycles. The summed E-state index contributed by atoms with van der Waals surface area (Å²) in [6.45, 7) is 4.73. The normalized spacial score (nSPS) is 14.2. The first-order valence-corrected chi connectivity index (χ1v) is 11.2. The molecule has 4 rings (SSSR count). The maximum atomic E-state index is 14.2. The standard InChI is InChI=1S/C23H26FN3O3S.ClH/c1-29-18-8-6-17(7-9-18)16-21(28)27(11-3-10-26-12-14-30-15-13-26)23-25-22-19(24)4-2-5-20(22)31-23;/h2,4-9H,3,10-16H2,1H3;1H. The molecule has 1 aliphatic heterocycles. The first-order chi connectivity index (χ1) is 15.1. The van der Waals surface area contributed by atoms with E-state index < -0.39 is 0 Å². The zero-order valence-corrected chi connectivity index (χ0v) is 19.6. The first-order valence-electron chi connectivity index (χ1n) is 10.4. The quantitative estimate of drug-likeness (QED) is 0.485. The van der Waals surface area contributed by atoms with Crippen molar-refractivity contribution in [1.82, 2.24) is 9.88 Å². The highest BCUT2D eigenvalue weighted by Gasteiger charge is 2.21. The molecule has 0 unspecified atom stereocenters. The van der Waals surface area contributed by atoms with E-state index >= 15 is 0 Å². The van der Waals surface area contributed by atoms with Crippen LogP contribution in [0.5, 0.6) is 5.75 Å². The Bertz CT molecular complexity index is 1030. The predicted molar refractivity (Wildman–Crippen MR) is 128 cm³/mol. The van der Waals surface area contributed by atoms with E-state index in [1.165, 1.54) is 17.4 Å². The number of fused-ring (bicyclic) bond motifs is 1. The molecule has 0 spiro atoms. The van der Waals surface area contributed by atoms with Crippen LogP contribution in [0.2, 0.25) is 0 Å². The number of nitrogens with zero attached hydrogens (tertiary/aromatic N) is 3. The van der Waals surface area contributed by atoms with Crippen LogP contribution in [0.3, 0.4) is 0 Å². The van der Waals surface area contributed by atoms with E-state index in [2.05, 4.69) is 9.88 Å². The minimum absolute atomic E-state index is 0. The van der Waals surface area contributed by atoms with E-state index in [-0.39, 0.29) is 30.6 Å². The van der Waals surface area contributed by atoms with Crippen LogP contribution >= 0.6 is 23.7 Å². The van der Waals surface area contributed by atoms with Gasteiger partial charge in [-0.2, -0.15) is 0 Å². The molecular formula is C23H27ClFN3O3S. The fourth-order valence-electron chi connectivity index (χ4n) is 3.64. The summed E-state index contributed by atoms with van der Waals surface area (Å²) in [5.74, 6) is 0.336. The molecular weight excluding hydrogens is 453 g/mol. The van der Waals surface area contributed by atoms with E-state index in [1.807, 2.05) is 30.3 Å². The van der Waals surface area contributed by atoms with Crippen molar-refractivity contribution in [2.45, 2.75) is 12.8 Å². The van der Waals surface area contributed by atoms with Crippen LogP contribution in [0, 0.1) is 5.82 Å². The lowest BCUT2D eigenvalue weighted by Gasteiger charge is -2.27. The van der Waals surface area contributed by atoms with E-state index in [0.29, 0.717) is 17.2 Å². The van der Waals surface area contributed by atoms with Crippen LogP contribution in [-0.4, -0.2) is 62.3 Å². The number of hydrogen-bond acceptors (Lipinski definition) is 6. The molecule has 1 saturated heterocycles. The van der Waals surface area contributed by atoms with Gasteiger partial charge < -0.3 is 9.47 Å². The fourth-order valence-corrected chi connectivity index (χ4v) is 4.66. The van der Waals surface area contributed by atoms with Crippen molar-refractivity contribution >= 4 is 45.0 Å². The molecule has 2 heterocycles. The lowest BCUT2D eigenvalue weighted by atomic mass is 10.1. The smallest absolute Gasteiger partial charge is 0.233 e. The summed E-state index contributed by atoms with van der Waals surface area (Å²) in [4.78, 5) is 21.8. The summed E-state index contributed by atoms with van der Waals surface area (Å²) in [6.07, 6.45) is 1.06. The van der Waals surface area contributed by atoms with Gasteiger partial charge in [-0.25, -0.2) is 9.37 Å². The minimum atomic E-state index is -0.365. The summed E-state index contributed by atoms with van der Waals surface area (Å²) in [7, 11) is 1.61. The number of methoxy groups -OCH3 is 1. The predicted octanol–water partition coefficient (Wildman–Crippen LogP) is 4.16. The summed E-state index contributed by atoms with van der Waals surface area (Å²) in [5.41, 5.74) is 1.22. The largest absolute Gasteiger partial charge is 0.497 e. The average Bonchev–Trinajstić information content (AvgIpc) is 3.23. The minimum Gasteiger partial charge on any atom is -0.497 e. The van der Waals surface area contributed by atoms with Crippen LogP contribution in [0.4, 0.5) is 9.52 Å². The first kappa shape index (κ1) is 24.4. The molecule has 1 amide bonds. The molecule has 0 saturated carbocycles. The Kier molecular flexibility index (Phi) is 8.81. The molecule has 0 atom stereocenters. The monoisotopic (exact) mass is 479 g/mol. The molecule has 172 valence electrons. The van der Waals surface area contributed by atoms with Crippen molar-refractivity contribution < 1.29 is 18.7 Å². The van der Waals surface area contributed by atoms with Crippen molar-refractivity contribution in [2.75, 3.05) is 51.4 Å². The highest BCUT2D eigenvalue weighted by molar-refractivity contribution is 7.22. The van der Waals surface area contributed by atoms with Crippen LogP contribution in [0.15, 0.2) is 42.5 Å². The van der Waals surface area contributed by atoms with Crippen molar-refractivity contribution in [3.8, 4) is 5.75 Å². The number of halogens is 2. The van der Waals surface area contributed by atoms with Gasteiger partial charge in [0.2, 0.25) is 5.91 Å². The maximum absolute atomic E-state index is 14.2. The van der Waals surface area contributed by atoms with Crippen molar-refractivity contribution in [3.05, 3.63) is 53.8 Å². The van der Waals surface area contributed by atoms with Crippen molar-refractivity contribution in [3.63, 3.8) is 0 Å². The Morgan fingerprint density at radius 2 is 1.97 bits per heavy atom. The lowest BCUT2D eigenvalue weighted by Crippen LogP contribution is -2.39. The Labute approximate surface area is 197 Å². The maximum Gasteiger partial charge on any atom is 0.233 e. The number of carbonyl (C=O) groups is 1. The van der Waals surface area contributed by atoms with E-state index in [9.17, 15) is 9.18 Å². The number of benzene rings is 2. The van der Waals surface area contributed by atoms with E-state index in [1.54, 1.807) is 18.1 Å². The summed E-state index contributed by atoms with van der Waals surface area (Å²) in [6, 6.07) is 12.4. The number of carbonyl (C=O) groups excluding carboxylic acids is 1. The summed E-state index contributed by atoms with van der Waals surface area (Å²) < 4.78 is 25.5. The Morgan fingerprint density at radius 1 is 1.22 bits per heavy atom. The summed E-state index contributed by atoms with van der Waals surface area (Å²) in [5, 5.41) is 0.542. The number of amides is 1. The molecule has 0 N–H and O–H groups in total. The molecule has 32 heavy (non-hydrogen) atoms. The second kappa shape index (κ2) is 11.6. The number of ether oxygens (including phenoxy) is 2. The van der Waals surface area contributed by atoms with E-state index in [0.717, 1.165) is 55.3 Å². The highest BCUT2D eigenvalue weighted by atomic mass is 35.5. The molecule has 6 nitrogen and oxygen atoms in total. The number of aromatic nitrogens is 1. The SMILES string of the molecule is COc1ccc(CC(=O)N(CCCN2CCOCC2)c2nc3c(F)cccc3s2)cc1.Cl. The number of anilines is 1. The molecule has 1 fully saturated rings. The van der Waals surface area contributed by atoms with Crippen LogP contribution in [-0.2, 0) is 16.0 Å². The molecule has 0 bridgehead atoms. The zero-order valence-electron chi connectivity index (χ0n) is 18.0. The number of para-hydroxylation sites is 1. The van der Waals surface area contributed by atoms with Gasteiger partial charge in [0, 0.05) is 26.2 Å². The summed E-state index contributed by atoms with van der Waals surface area (Å²) >= 11 is 1.35. The average molecular weight is 480 g/mol. The third kappa shape index (κ3) is 5.95. The number of rotatable bonds is 8. The zero-order chi connectivity index (χ0) is 21.6. The van der Waals surface area contributed by atoms with Crippen LogP contribution in [0.25, 0.3) is 10.2 Å². The topological polar surface area (TPSA) is 54.9 Å². The number of hydrogen-bond donors (Lipinski definition) is 0. The van der Waals surface area contributed by atoms with Gasteiger partial charge in [-0.1, -0.05) is 29.5 Å². The lowest BCUT2D eigenvalue weighted by molar-refractivity contribution is -0.118. The number of morpholine rings is 1. The third-order valence-corrected chi connectivity index (χ3v) is 6.41.